The fourth-order valence-electron chi connectivity index (χ4n) is 6.26. The zero-order valence-corrected chi connectivity index (χ0v) is 30.7. The Balaban J connectivity index is 1.14. The number of methoxy groups -OCH3 is 1. The second-order valence-electron chi connectivity index (χ2n) is 13.8. The number of benzene rings is 2. The first-order valence-corrected chi connectivity index (χ1v) is 18.4. The molecule has 52 heavy (non-hydrogen) atoms. The van der Waals surface area contributed by atoms with Crippen LogP contribution in [0.5, 0.6) is 5.75 Å². The van der Waals surface area contributed by atoms with Gasteiger partial charge in [0.1, 0.15) is 24.1 Å². The monoisotopic (exact) mass is 741 g/mol. The Bertz CT molecular complexity index is 1620. The normalized spacial score (nSPS) is 17.2. The maximum Gasteiger partial charge on any atom is 0.317 e. The number of aryl methyl sites for hydroxylation is 2. The fourth-order valence-corrected chi connectivity index (χ4v) is 6.50. The van der Waals surface area contributed by atoms with Gasteiger partial charge < -0.3 is 50.0 Å². The van der Waals surface area contributed by atoms with Crippen LogP contribution in [-0.4, -0.2) is 112 Å². The molecule has 3 aromatic rings. The van der Waals surface area contributed by atoms with E-state index in [4.69, 9.17) is 30.9 Å². The lowest BCUT2D eigenvalue weighted by atomic mass is 9.96. The Morgan fingerprint density at radius 1 is 1.02 bits per heavy atom. The lowest BCUT2D eigenvalue weighted by Gasteiger charge is -2.27. The largest absolute Gasteiger partial charge is 0.490 e. The molecule has 1 heterocycles. The fraction of sp³-hybridized carbons (Fsp3) is 0.538. The number of halogens is 1. The summed E-state index contributed by atoms with van der Waals surface area (Å²) in [6.45, 7) is 2.33. The van der Waals surface area contributed by atoms with E-state index in [2.05, 4.69) is 29.4 Å². The zero-order chi connectivity index (χ0) is 37.3. The SMILES string of the molecule is COCCN(CCCCc1cc(Cl)c(COC2(c3cnccc3-c3ccccc3OC3CC3)CC2)cc1C)C(=O)NCC(O)C(O)C(O)C(O)CO. The molecule has 12 nitrogen and oxygen atoms in total. The number of carbonyl (C=O) groups excluding carboxylic acids is 1. The van der Waals surface area contributed by atoms with Crippen molar-refractivity contribution >= 4 is 17.6 Å². The Morgan fingerprint density at radius 3 is 2.48 bits per heavy atom. The van der Waals surface area contributed by atoms with Crippen LogP contribution in [-0.2, 0) is 28.1 Å². The van der Waals surface area contributed by atoms with E-state index in [1.165, 1.54) is 7.11 Å². The van der Waals surface area contributed by atoms with Crippen molar-refractivity contribution in [3.63, 3.8) is 0 Å². The topological polar surface area (TPSA) is 174 Å². The average Bonchev–Trinajstić information content (AvgIpc) is 4.11. The van der Waals surface area contributed by atoms with Gasteiger partial charge in [-0.15, -0.1) is 0 Å². The molecule has 13 heteroatoms. The van der Waals surface area contributed by atoms with Crippen LogP contribution in [0.4, 0.5) is 4.79 Å². The van der Waals surface area contributed by atoms with Crippen LogP contribution in [0.15, 0.2) is 54.9 Å². The van der Waals surface area contributed by atoms with Crippen LogP contribution in [0.2, 0.25) is 5.02 Å². The van der Waals surface area contributed by atoms with Gasteiger partial charge in [-0.25, -0.2) is 4.79 Å². The number of carbonyl (C=O) groups is 1. The summed E-state index contributed by atoms with van der Waals surface area (Å²) in [6, 6.07) is 13.8. The summed E-state index contributed by atoms with van der Waals surface area (Å²) in [5.41, 5.74) is 5.89. The molecule has 0 radical (unpaired) electrons. The maximum atomic E-state index is 12.9. The highest BCUT2D eigenvalue weighted by molar-refractivity contribution is 6.31. The minimum absolute atomic E-state index is 0.291. The second-order valence-corrected chi connectivity index (χ2v) is 14.2. The number of aliphatic hydroxyl groups is 5. The molecule has 2 aromatic carbocycles. The molecular formula is C39H52ClN3O9. The number of ether oxygens (including phenoxy) is 3. The molecule has 4 unspecified atom stereocenters. The number of unbranched alkanes of at least 4 members (excludes halogenated alkanes) is 1. The summed E-state index contributed by atoms with van der Waals surface area (Å²) >= 11 is 6.82. The highest BCUT2D eigenvalue weighted by Crippen LogP contribution is 2.53. The van der Waals surface area contributed by atoms with Gasteiger partial charge >= 0.3 is 6.03 Å². The summed E-state index contributed by atoms with van der Waals surface area (Å²) in [7, 11) is 1.54. The maximum absolute atomic E-state index is 12.9. The number of urea groups is 1. The van der Waals surface area contributed by atoms with E-state index in [-0.39, 0.29) is 6.54 Å². The number of aliphatic hydroxyl groups excluding tert-OH is 5. The van der Waals surface area contributed by atoms with Gasteiger partial charge in [-0.1, -0.05) is 35.9 Å². The number of pyridine rings is 1. The van der Waals surface area contributed by atoms with E-state index < -0.39 is 42.7 Å². The highest BCUT2D eigenvalue weighted by atomic mass is 35.5. The van der Waals surface area contributed by atoms with Gasteiger partial charge in [-0.05, 0) is 92.3 Å². The van der Waals surface area contributed by atoms with Crippen molar-refractivity contribution in [2.75, 3.05) is 40.0 Å². The first kappa shape index (κ1) is 39.9. The zero-order valence-electron chi connectivity index (χ0n) is 29.9. The van der Waals surface area contributed by atoms with Crippen molar-refractivity contribution in [2.24, 2.45) is 0 Å². The number of aromatic nitrogens is 1. The average molecular weight is 742 g/mol. The molecule has 2 saturated carbocycles. The van der Waals surface area contributed by atoms with Crippen molar-refractivity contribution in [2.45, 2.75) is 94.6 Å². The lowest BCUT2D eigenvalue weighted by Crippen LogP contribution is -2.51. The number of nitrogens with one attached hydrogen (secondary N) is 1. The van der Waals surface area contributed by atoms with E-state index in [1.807, 2.05) is 42.7 Å². The van der Waals surface area contributed by atoms with Crippen LogP contribution >= 0.6 is 11.6 Å². The van der Waals surface area contributed by atoms with E-state index in [9.17, 15) is 25.2 Å². The third-order valence-electron chi connectivity index (χ3n) is 9.78. The second kappa shape index (κ2) is 18.6. The predicted molar refractivity (Wildman–Crippen MR) is 196 cm³/mol. The van der Waals surface area contributed by atoms with Crippen molar-refractivity contribution in [3.8, 4) is 16.9 Å². The van der Waals surface area contributed by atoms with Gasteiger partial charge in [0.05, 0.1) is 37.6 Å². The molecule has 284 valence electrons. The molecule has 4 atom stereocenters. The van der Waals surface area contributed by atoms with Gasteiger partial charge in [-0.2, -0.15) is 0 Å². The van der Waals surface area contributed by atoms with E-state index in [1.54, 1.807) is 4.90 Å². The number of hydrogen-bond donors (Lipinski definition) is 6. The smallest absolute Gasteiger partial charge is 0.317 e. The summed E-state index contributed by atoms with van der Waals surface area (Å²) in [5.74, 6) is 0.888. The first-order chi connectivity index (χ1) is 25.1. The number of rotatable bonds is 21. The van der Waals surface area contributed by atoms with E-state index in [0.717, 1.165) is 77.7 Å². The van der Waals surface area contributed by atoms with Crippen LogP contribution in [0, 0.1) is 6.92 Å². The molecule has 5 rings (SSSR count). The molecule has 2 aliphatic carbocycles. The molecule has 0 spiro atoms. The van der Waals surface area contributed by atoms with Gasteiger partial charge in [0.15, 0.2) is 0 Å². The van der Waals surface area contributed by atoms with Crippen LogP contribution in [0.25, 0.3) is 11.1 Å². The Morgan fingerprint density at radius 2 is 1.77 bits per heavy atom. The molecule has 0 bridgehead atoms. The highest BCUT2D eigenvalue weighted by Gasteiger charge is 2.48. The van der Waals surface area contributed by atoms with Crippen molar-refractivity contribution in [3.05, 3.63) is 82.1 Å². The van der Waals surface area contributed by atoms with Gasteiger partial charge in [0.2, 0.25) is 0 Å². The van der Waals surface area contributed by atoms with Gasteiger partial charge in [0, 0.05) is 55.3 Å². The Labute approximate surface area is 310 Å². The minimum Gasteiger partial charge on any atom is -0.490 e. The quantitative estimate of drug-likeness (QED) is 0.0880. The Kier molecular flexibility index (Phi) is 14.3. The van der Waals surface area contributed by atoms with Gasteiger partial charge in [0.25, 0.3) is 0 Å². The van der Waals surface area contributed by atoms with Crippen LogP contribution in [0.3, 0.4) is 0 Å². The Hall–Kier alpha value is -3.33. The summed E-state index contributed by atoms with van der Waals surface area (Å²) in [5, 5.41) is 51.7. The third-order valence-corrected chi connectivity index (χ3v) is 10.1. The molecular weight excluding hydrogens is 690 g/mol. The molecule has 2 fully saturated rings. The third kappa shape index (κ3) is 10.4. The van der Waals surface area contributed by atoms with Crippen molar-refractivity contribution in [1.29, 1.82) is 0 Å². The number of hydrogen-bond acceptors (Lipinski definition) is 10. The standard InChI is InChI=1S/C39H52ClN3O9/c1-25-19-27(24-51-39(13-14-39)31-21-41-15-12-29(31)30-8-3-4-9-35(30)52-28-10-11-28)32(40)20-26(25)7-5-6-16-43(17-18-50-2)38(49)42-22-33(45)36(47)37(48)34(46)23-44/h3-4,8-9,12,15,19-21,28,33-34,36-37,44-48H,5-7,10-11,13-14,16-18,22-24H2,1-2H3,(H,42,49). The van der Waals surface area contributed by atoms with Crippen molar-refractivity contribution in [1.82, 2.24) is 15.2 Å². The molecule has 0 aliphatic heterocycles. The molecule has 6 N–H and O–H groups in total. The first-order valence-electron chi connectivity index (χ1n) is 18.0. The van der Waals surface area contributed by atoms with E-state index >= 15 is 0 Å². The van der Waals surface area contributed by atoms with Crippen molar-refractivity contribution < 1.29 is 44.5 Å². The summed E-state index contributed by atoms with van der Waals surface area (Å²) in [4.78, 5) is 18.9. The number of amides is 2. The number of nitrogens with zero attached hydrogens (tertiary/aromatic N) is 2. The molecule has 2 aliphatic rings. The molecule has 2 amide bonds. The van der Waals surface area contributed by atoms with E-state index in [0.29, 0.717) is 43.9 Å². The van der Waals surface area contributed by atoms with Gasteiger partial charge in [-0.3, -0.25) is 4.98 Å². The lowest BCUT2D eigenvalue weighted by molar-refractivity contribution is -0.113. The molecule has 0 saturated heterocycles. The predicted octanol–water partition coefficient (Wildman–Crippen LogP) is 3.87. The summed E-state index contributed by atoms with van der Waals surface area (Å²) < 4.78 is 18.1. The van der Waals surface area contributed by atoms with Crippen LogP contribution < -0.4 is 10.1 Å². The minimum atomic E-state index is -1.77. The summed E-state index contributed by atoms with van der Waals surface area (Å²) in [6.07, 6.45) is 3.52. The number of para-hydroxylation sites is 1. The molecule has 1 aromatic heterocycles. The van der Waals surface area contributed by atoms with Crippen LogP contribution in [0.1, 0.15) is 60.8 Å².